The van der Waals surface area contributed by atoms with E-state index in [1.165, 1.54) is 6.42 Å². The van der Waals surface area contributed by atoms with E-state index in [-0.39, 0.29) is 5.91 Å². The molecule has 1 aromatic heterocycles. The number of H-pyrrole nitrogens is 1. The van der Waals surface area contributed by atoms with Crippen LogP contribution in [0.5, 0.6) is 0 Å². The lowest BCUT2D eigenvalue weighted by Gasteiger charge is -2.04. The summed E-state index contributed by atoms with van der Waals surface area (Å²) < 4.78 is 0.902. The van der Waals surface area contributed by atoms with E-state index in [1.807, 2.05) is 0 Å². The van der Waals surface area contributed by atoms with Gasteiger partial charge in [0.05, 0.1) is 0 Å². The van der Waals surface area contributed by atoms with Gasteiger partial charge in [-0.25, -0.2) is 0 Å². The topological polar surface area (TPSA) is 44.9 Å². The van der Waals surface area contributed by atoms with Crippen LogP contribution in [-0.2, 0) is 0 Å². The van der Waals surface area contributed by atoms with Crippen LogP contribution >= 0.6 is 15.9 Å². The number of carbonyl (C=O) groups excluding carboxylic acids is 1. The Morgan fingerprint density at radius 1 is 1.73 bits per heavy atom. The first-order valence-electron chi connectivity index (χ1n) is 5.11. The Labute approximate surface area is 97.8 Å². The summed E-state index contributed by atoms with van der Waals surface area (Å²) in [5.74, 6) is 0.614. The predicted octanol–water partition coefficient (Wildman–Crippen LogP) is 2.55. The van der Waals surface area contributed by atoms with E-state index >= 15 is 0 Å². The van der Waals surface area contributed by atoms with Crippen LogP contribution in [0, 0.1) is 11.3 Å². The second-order valence-corrected chi connectivity index (χ2v) is 5.75. The van der Waals surface area contributed by atoms with Crippen LogP contribution in [-0.4, -0.2) is 17.4 Å². The summed E-state index contributed by atoms with van der Waals surface area (Å²) in [6.07, 6.45) is 2.97. The molecule has 1 aromatic rings. The van der Waals surface area contributed by atoms with Crippen molar-refractivity contribution < 1.29 is 4.79 Å². The molecular formula is C11H15BrN2O. The molecule has 1 atom stereocenters. The number of halogens is 1. The maximum absolute atomic E-state index is 11.6. The fourth-order valence-corrected chi connectivity index (χ4v) is 2.08. The number of rotatable bonds is 3. The fraction of sp³-hybridized carbons (Fsp3) is 0.545. The van der Waals surface area contributed by atoms with Crippen molar-refractivity contribution in [1.82, 2.24) is 10.3 Å². The van der Waals surface area contributed by atoms with Gasteiger partial charge in [0, 0.05) is 17.2 Å². The van der Waals surface area contributed by atoms with Gasteiger partial charge < -0.3 is 10.3 Å². The van der Waals surface area contributed by atoms with Gasteiger partial charge in [0.2, 0.25) is 0 Å². The van der Waals surface area contributed by atoms with E-state index in [0.29, 0.717) is 17.0 Å². The highest BCUT2D eigenvalue weighted by molar-refractivity contribution is 9.10. The summed E-state index contributed by atoms with van der Waals surface area (Å²) in [6.45, 7) is 5.24. The number of hydrogen-bond donors (Lipinski definition) is 2. The summed E-state index contributed by atoms with van der Waals surface area (Å²) in [4.78, 5) is 14.5. The monoisotopic (exact) mass is 270 g/mol. The normalized spacial score (nSPS) is 22.5. The Morgan fingerprint density at radius 2 is 2.40 bits per heavy atom. The van der Waals surface area contributed by atoms with Crippen LogP contribution in [0.4, 0.5) is 0 Å². The molecular weight excluding hydrogens is 256 g/mol. The quantitative estimate of drug-likeness (QED) is 0.871. The molecule has 1 fully saturated rings. The number of amides is 1. The third-order valence-corrected chi connectivity index (χ3v) is 3.58. The third kappa shape index (κ3) is 2.43. The SMILES string of the molecule is CC1(C)CC1CNC(=O)c1cc(Br)c[nH]1. The van der Waals surface area contributed by atoms with E-state index in [9.17, 15) is 4.79 Å². The average Bonchev–Trinajstić information content (AvgIpc) is 2.59. The van der Waals surface area contributed by atoms with Crippen molar-refractivity contribution in [1.29, 1.82) is 0 Å². The van der Waals surface area contributed by atoms with Crippen LogP contribution < -0.4 is 5.32 Å². The molecule has 1 amide bonds. The standard InChI is InChI=1S/C11H15BrN2O/c1-11(2)4-7(11)5-14-10(15)9-3-8(12)6-13-9/h3,6-7,13H,4-5H2,1-2H3,(H,14,15). The second kappa shape index (κ2) is 3.67. The molecule has 82 valence electrons. The van der Waals surface area contributed by atoms with Crippen LogP contribution in [0.25, 0.3) is 0 Å². The van der Waals surface area contributed by atoms with Crippen molar-refractivity contribution >= 4 is 21.8 Å². The molecule has 0 aromatic carbocycles. The van der Waals surface area contributed by atoms with Crippen molar-refractivity contribution in [2.75, 3.05) is 6.54 Å². The minimum Gasteiger partial charge on any atom is -0.356 e. The fourth-order valence-electron chi connectivity index (χ4n) is 1.73. The average molecular weight is 271 g/mol. The van der Waals surface area contributed by atoms with Crippen molar-refractivity contribution in [3.63, 3.8) is 0 Å². The molecule has 1 aliphatic rings. The lowest BCUT2D eigenvalue weighted by Crippen LogP contribution is -2.26. The van der Waals surface area contributed by atoms with Gasteiger partial charge in [-0.15, -0.1) is 0 Å². The molecule has 0 bridgehead atoms. The second-order valence-electron chi connectivity index (χ2n) is 4.83. The highest BCUT2D eigenvalue weighted by atomic mass is 79.9. The van der Waals surface area contributed by atoms with Crippen LogP contribution in [0.2, 0.25) is 0 Å². The molecule has 0 aliphatic heterocycles. The van der Waals surface area contributed by atoms with E-state index in [1.54, 1.807) is 12.3 Å². The molecule has 2 N–H and O–H groups in total. The van der Waals surface area contributed by atoms with Gasteiger partial charge in [0.15, 0.2) is 0 Å². The lowest BCUT2D eigenvalue weighted by atomic mass is 10.1. The molecule has 3 nitrogen and oxygen atoms in total. The highest BCUT2D eigenvalue weighted by Crippen LogP contribution is 2.50. The smallest absolute Gasteiger partial charge is 0.267 e. The van der Waals surface area contributed by atoms with Crippen LogP contribution in [0.1, 0.15) is 30.8 Å². The van der Waals surface area contributed by atoms with Crippen LogP contribution in [0.3, 0.4) is 0 Å². The molecule has 1 heterocycles. The highest BCUT2D eigenvalue weighted by Gasteiger charge is 2.45. The summed E-state index contributed by atoms with van der Waals surface area (Å²) in [5, 5.41) is 2.94. The molecule has 0 spiro atoms. The van der Waals surface area contributed by atoms with E-state index in [2.05, 4.69) is 40.1 Å². The summed E-state index contributed by atoms with van der Waals surface area (Å²) in [7, 11) is 0. The number of aromatic amines is 1. The maximum Gasteiger partial charge on any atom is 0.267 e. The molecule has 1 unspecified atom stereocenters. The van der Waals surface area contributed by atoms with Gasteiger partial charge in [0.25, 0.3) is 5.91 Å². The number of aromatic nitrogens is 1. The molecule has 1 aliphatic carbocycles. The Hall–Kier alpha value is -0.770. The Balaban J connectivity index is 1.83. The minimum absolute atomic E-state index is 0.0246. The zero-order valence-electron chi connectivity index (χ0n) is 8.93. The Morgan fingerprint density at radius 3 is 2.87 bits per heavy atom. The minimum atomic E-state index is -0.0246. The lowest BCUT2D eigenvalue weighted by molar-refractivity contribution is 0.0946. The van der Waals surface area contributed by atoms with Crippen molar-refractivity contribution in [2.45, 2.75) is 20.3 Å². The van der Waals surface area contributed by atoms with Crippen molar-refractivity contribution in [2.24, 2.45) is 11.3 Å². The largest absolute Gasteiger partial charge is 0.356 e. The Kier molecular flexibility index (Phi) is 2.63. The maximum atomic E-state index is 11.6. The summed E-state index contributed by atoms with van der Waals surface area (Å²) in [5.41, 5.74) is 1.03. The van der Waals surface area contributed by atoms with Gasteiger partial charge in [-0.3, -0.25) is 4.79 Å². The third-order valence-electron chi connectivity index (χ3n) is 3.12. The van der Waals surface area contributed by atoms with Crippen molar-refractivity contribution in [3.8, 4) is 0 Å². The van der Waals surface area contributed by atoms with Gasteiger partial charge in [-0.2, -0.15) is 0 Å². The number of hydrogen-bond acceptors (Lipinski definition) is 1. The van der Waals surface area contributed by atoms with E-state index in [4.69, 9.17) is 0 Å². The van der Waals surface area contributed by atoms with Crippen molar-refractivity contribution in [3.05, 3.63) is 22.4 Å². The first-order valence-corrected chi connectivity index (χ1v) is 5.90. The molecule has 0 saturated heterocycles. The zero-order chi connectivity index (χ0) is 11.1. The van der Waals surface area contributed by atoms with Gasteiger partial charge in [-0.1, -0.05) is 13.8 Å². The summed E-state index contributed by atoms with van der Waals surface area (Å²) >= 11 is 3.30. The van der Waals surface area contributed by atoms with Gasteiger partial charge >= 0.3 is 0 Å². The van der Waals surface area contributed by atoms with Gasteiger partial charge in [0.1, 0.15) is 5.69 Å². The van der Waals surface area contributed by atoms with Crippen LogP contribution in [0.15, 0.2) is 16.7 Å². The number of nitrogens with one attached hydrogen (secondary N) is 2. The molecule has 1 saturated carbocycles. The van der Waals surface area contributed by atoms with E-state index < -0.39 is 0 Å². The zero-order valence-corrected chi connectivity index (χ0v) is 10.5. The molecule has 0 radical (unpaired) electrons. The molecule has 15 heavy (non-hydrogen) atoms. The number of carbonyl (C=O) groups is 1. The first kappa shape index (κ1) is 10.7. The first-order chi connectivity index (χ1) is 6.99. The molecule has 2 rings (SSSR count). The van der Waals surface area contributed by atoms with E-state index in [0.717, 1.165) is 11.0 Å². The Bertz CT molecular complexity index is 384. The van der Waals surface area contributed by atoms with Gasteiger partial charge in [-0.05, 0) is 39.8 Å². The molecule has 4 heteroatoms. The predicted molar refractivity (Wildman–Crippen MR) is 62.7 cm³/mol. The summed E-state index contributed by atoms with van der Waals surface area (Å²) in [6, 6.07) is 1.79.